The first kappa shape index (κ1) is 21.3. The van der Waals surface area contributed by atoms with E-state index in [2.05, 4.69) is 4.98 Å². The Bertz CT molecular complexity index is 1400. The van der Waals surface area contributed by atoms with E-state index in [-0.39, 0.29) is 24.3 Å². The summed E-state index contributed by atoms with van der Waals surface area (Å²) in [4.78, 5) is 49.9. The zero-order valence-electron chi connectivity index (χ0n) is 19.1. The van der Waals surface area contributed by atoms with E-state index < -0.39 is 0 Å². The maximum absolute atomic E-state index is 13.2. The molecule has 0 aliphatic carbocycles. The van der Waals surface area contributed by atoms with E-state index in [0.29, 0.717) is 35.7 Å². The molecule has 1 fully saturated rings. The van der Waals surface area contributed by atoms with Crippen molar-refractivity contribution in [3.63, 3.8) is 0 Å². The van der Waals surface area contributed by atoms with E-state index in [9.17, 15) is 14.4 Å². The Labute approximate surface area is 202 Å². The summed E-state index contributed by atoms with van der Waals surface area (Å²) in [6, 6.07) is 22.1. The zero-order valence-corrected chi connectivity index (χ0v) is 19.1. The number of nitrogens with zero attached hydrogens (tertiary/aromatic N) is 3. The number of piperidine rings is 1. The third kappa shape index (κ3) is 3.79. The highest BCUT2D eigenvalue weighted by atomic mass is 16.2. The van der Waals surface area contributed by atoms with Crippen molar-refractivity contribution in [1.29, 1.82) is 0 Å². The average Bonchev–Trinajstić information content (AvgIpc) is 3.44. The van der Waals surface area contributed by atoms with Crippen LogP contribution in [0.1, 0.15) is 61.2 Å². The number of carbonyl (C=O) groups excluding carboxylic acids is 3. The van der Waals surface area contributed by atoms with Gasteiger partial charge in [-0.3, -0.25) is 19.3 Å². The molecule has 7 nitrogen and oxygen atoms in total. The Kier molecular flexibility index (Phi) is 5.17. The summed E-state index contributed by atoms with van der Waals surface area (Å²) in [5, 5.41) is 0. The molecule has 0 saturated carbocycles. The molecule has 6 rings (SSSR count). The lowest BCUT2D eigenvalue weighted by Gasteiger charge is -2.31. The second-order valence-electron chi connectivity index (χ2n) is 9.15. The smallest absolute Gasteiger partial charge is 0.261 e. The molecule has 3 heterocycles. The summed E-state index contributed by atoms with van der Waals surface area (Å²) in [5.41, 5.74) is 4.18. The van der Waals surface area contributed by atoms with Crippen LogP contribution in [0.4, 0.5) is 0 Å². The fourth-order valence-electron chi connectivity index (χ4n) is 5.07. The first-order valence-electron chi connectivity index (χ1n) is 11.9. The maximum atomic E-state index is 13.2. The van der Waals surface area contributed by atoms with Crippen molar-refractivity contribution in [3.05, 3.63) is 101 Å². The van der Waals surface area contributed by atoms with Gasteiger partial charge < -0.3 is 9.88 Å². The number of nitrogens with one attached hydrogen (secondary N) is 1. The molecule has 0 radical (unpaired) electrons. The van der Waals surface area contributed by atoms with Crippen molar-refractivity contribution in [3.8, 4) is 0 Å². The number of aromatic amines is 1. The van der Waals surface area contributed by atoms with E-state index in [0.717, 1.165) is 35.3 Å². The fourth-order valence-corrected chi connectivity index (χ4v) is 5.07. The number of aromatic nitrogens is 2. The van der Waals surface area contributed by atoms with E-state index in [1.807, 2.05) is 41.3 Å². The van der Waals surface area contributed by atoms with Gasteiger partial charge in [-0.2, -0.15) is 0 Å². The third-order valence-electron chi connectivity index (χ3n) is 6.97. The molecule has 174 valence electrons. The number of carbonyl (C=O) groups is 3. The van der Waals surface area contributed by atoms with E-state index >= 15 is 0 Å². The number of imidazole rings is 1. The molecule has 1 saturated heterocycles. The lowest BCUT2D eigenvalue weighted by atomic mass is 9.95. The normalized spacial score (nSPS) is 16.2. The minimum atomic E-state index is -0.296. The molecule has 0 unspecified atom stereocenters. The summed E-state index contributed by atoms with van der Waals surface area (Å²) < 4.78 is 0. The number of imide groups is 1. The van der Waals surface area contributed by atoms with Crippen LogP contribution in [0, 0.1) is 0 Å². The van der Waals surface area contributed by atoms with Crippen LogP contribution in [0.3, 0.4) is 0 Å². The van der Waals surface area contributed by atoms with Crippen molar-refractivity contribution in [2.45, 2.75) is 25.3 Å². The molecule has 7 heteroatoms. The third-order valence-corrected chi connectivity index (χ3v) is 6.97. The second kappa shape index (κ2) is 8.51. The Hall–Kier alpha value is -4.26. The van der Waals surface area contributed by atoms with Gasteiger partial charge in [0.1, 0.15) is 5.82 Å². The molecule has 1 N–H and O–H groups in total. The minimum absolute atomic E-state index is 0.0303. The van der Waals surface area contributed by atoms with Crippen molar-refractivity contribution in [1.82, 2.24) is 19.8 Å². The standard InChI is InChI=1S/C28H24N4O3/c33-26(31-14-12-19(13-15-31)25-29-23-10-3-4-11-24(23)30-25)20-7-5-6-18(16-20)17-32-27(34)21-8-1-2-9-22(21)28(32)35/h1-11,16,19H,12-15,17H2,(H,29,30). The van der Waals surface area contributed by atoms with Gasteiger partial charge in [-0.05, 0) is 54.8 Å². The molecule has 0 spiro atoms. The highest BCUT2D eigenvalue weighted by molar-refractivity contribution is 6.21. The molecular formula is C28H24N4O3. The van der Waals surface area contributed by atoms with Gasteiger partial charge >= 0.3 is 0 Å². The number of amides is 3. The van der Waals surface area contributed by atoms with E-state index in [1.54, 1.807) is 36.4 Å². The predicted octanol–water partition coefficient (Wildman–Crippen LogP) is 4.38. The van der Waals surface area contributed by atoms with Crippen LogP contribution in [-0.4, -0.2) is 50.6 Å². The number of hydrogen-bond donors (Lipinski definition) is 1. The zero-order chi connectivity index (χ0) is 23.9. The van der Waals surface area contributed by atoms with Gasteiger partial charge in [-0.1, -0.05) is 36.4 Å². The molecule has 1 aromatic heterocycles. The number of likely N-dealkylation sites (tertiary alicyclic amines) is 1. The number of hydrogen-bond acceptors (Lipinski definition) is 4. The minimum Gasteiger partial charge on any atom is -0.342 e. The van der Waals surface area contributed by atoms with Crippen LogP contribution in [0.15, 0.2) is 72.8 Å². The number of H-pyrrole nitrogens is 1. The van der Waals surface area contributed by atoms with Crippen LogP contribution in [-0.2, 0) is 6.54 Å². The molecule has 3 aromatic carbocycles. The molecule has 0 atom stereocenters. The van der Waals surface area contributed by atoms with Gasteiger partial charge in [-0.15, -0.1) is 0 Å². The van der Waals surface area contributed by atoms with Gasteiger partial charge in [0, 0.05) is 24.6 Å². The van der Waals surface area contributed by atoms with Crippen molar-refractivity contribution in [2.24, 2.45) is 0 Å². The van der Waals surface area contributed by atoms with Crippen LogP contribution in [0.5, 0.6) is 0 Å². The van der Waals surface area contributed by atoms with Gasteiger partial charge in [0.25, 0.3) is 17.7 Å². The number of fused-ring (bicyclic) bond motifs is 2. The average molecular weight is 465 g/mol. The quantitative estimate of drug-likeness (QED) is 0.454. The number of benzene rings is 3. The molecule has 4 aromatic rings. The van der Waals surface area contributed by atoms with E-state index in [4.69, 9.17) is 4.98 Å². The van der Waals surface area contributed by atoms with Crippen molar-refractivity contribution in [2.75, 3.05) is 13.1 Å². The lowest BCUT2D eigenvalue weighted by molar-refractivity contribution is 0.0642. The van der Waals surface area contributed by atoms with Gasteiger partial charge in [-0.25, -0.2) is 4.98 Å². The Balaban J connectivity index is 1.13. The van der Waals surface area contributed by atoms with Crippen LogP contribution < -0.4 is 0 Å². The summed E-state index contributed by atoms with van der Waals surface area (Å²) in [6.07, 6.45) is 1.70. The largest absolute Gasteiger partial charge is 0.342 e. The Morgan fingerprint density at radius 2 is 1.57 bits per heavy atom. The van der Waals surface area contributed by atoms with Crippen LogP contribution in [0.25, 0.3) is 11.0 Å². The van der Waals surface area contributed by atoms with Crippen molar-refractivity contribution < 1.29 is 14.4 Å². The second-order valence-corrected chi connectivity index (χ2v) is 9.15. The first-order chi connectivity index (χ1) is 17.1. The molecular weight excluding hydrogens is 440 g/mol. The highest BCUT2D eigenvalue weighted by Crippen LogP contribution is 2.29. The summed E-state index contributed by atoms with van der Waals surface area (Å²) in [7, 11) is 0. The monoisotopic (exact) mass is 464 g/mol. The summed E-state index contributed by atoms with van der Waals surface area (Å²) in [5.74, 6) is 0.662. The maximum Gasteiger partial charge on any atom is 0.261 e. The van der Waals surface area contributed by atoms with E-state index in [1.165, 1.54) is 4.90 Å². The lowest BCUT2D eigenvalue weighted by Crippen LogP contribution is -2.38. The Morgan fingerprint density at radius 3 is 2.29 bits per heavy atom. The van der Waals surface area contributed by atoms with Gasteiger partial charge in [0.05, 0.1) is 28.7 Å². The van der Waals surface area contributed by atoms with Crippen LogP contribution >= 0.6 is 0 Å². The highest BCUT2D eigenvalue weighted by Gasteiger charge is 2.35. The molecule has 0 bridgehead atoms. The van der Waals surface area contributed by atoms with Gasteiger partial charge in [0.15, 0.2) is 0 Å². The first-order valence-corrected chi connectivity index (χ1v) is 11.9. The SMILES string of the molecule is O=C(c1cccc(CN2C(=O)c3ccccc3C2=O)c1)N1CCC(c2nc3ccccc3[nH]2)CC1. The topological polar surface area (TPSA) is 86.4 Å². The molecule has 3 amide bonds. The summed E-state index contributed by atoms with van der Waals surface area (Å²) in [6.45, 7) is 1.45. The number of para-hydroxylation sites is 2. The summed E-state index contributed by atoms with van der Waals surface area (Å²) >= 11 is 0. The molecule has 35 heavy (non-hydrogen) atoms. The van der Waals surface area contributed by atoms with Crippen molar-refractivity contribution >= 4 is 28.8 Å². The molecule has 2 aliphatic rings. The number of rotatable bonds is 4. The Morgan fingerprint density at radius 1 is 0.886 bits per heavy atom. The molecule has 2 aliphatic heterocycles. The fraction of sp³-hybridized carbons (Fsp3) is 0.214. The predicted molar refractivity (Wildman–Crippen MR) is 131 cm³/mol. The van der Waals surface area contributed by atoms with Crippen LogP contribution in [0.2, 0.25) is 0 Å². The van der Waals surface area contributed by atoms with Gasteiger partial charge in [0.2, 0.25) is 0 Å².